The topological polar surface area (TPSA) is 43.9 Å². The third-order valence-corrected chi connectivity index (χ3v) is 5.62. The summed E-state index contributed by atoms with van der Waals surface area (Å²) in [6.07, 6.45) is 1.16. The fourth-order valence-electron chi connectivity index (χ4n) is 4.11. The van der Waals surface area contributed by atoms with Crippen molar-refractivity contribution in [2.45, 2.75) is 19.8 Å². The highest BCUT2D eigenvalue weighted by atomic mass is 19.1. The van der Waals surface area contributed by atoms with Crippen molar-refractivity contribution in [3.05, 3.63) is 59.4 Å². The van der Waals surface area contributed by atoms with Gasteiger partial charge in [-0.1, -0.05) is 25.1 Å². The molecule has 146 valence electrons. The Bertz CT molecular complexity index is 906. The molecule has 28 heavy (non-hydrogen) atoms. The average molecular weight is 381 g/mol. The Kier molecular flexibility index (Phi) is 5.03. The first-order valence-corrected chi connectivity index (χ1v) is 9.81. The number of para-hydroxylation sites is 1. The zero-order valence-corrected chi connectivity index (χ0v) is 16.0. The lowest BCUT2D eigenvalue weighted by atomic mass is 10.0. The second-order valence-electron chi connectivity index (χ2n) is 7.18. The van der Waals surface area contributed by atoms with Crippen LogP contribution < -0.4 is 9.80 Å². The molecule has 5 nitrogen and oxygen atoms in total. The minimum atomic E-state index is -0.233. The Morgan fingerprint density at radius 2 is 1.64 bits per heavy atom. The predicted molar refractivity (Wildman–Crippen MR) is 107 cm³/mol. The summed E-state index contributed by atoms with van der Waals surface area (Å²) in [5.74, 6) is -0.151. The van der Waals surface area contributed by atoms with Gasteiger partial charge in [-0.2, -0.15) is 0 Å². The Balaban J connectivity index is 1.49. The summed E-state index contributed by atoms with van der Waals surface area (Å²) in [7, 11) is 0. The van der Waals surface area contributed by atoms with Gasteiger partial charge in [-0.15, -0.1) is 0 Å². The Labute approximate surface area is 164 Å². The van der Waals surface area contributed by atoms with E-state index in [1.807, 2.05) is 41.0 Å². The van der Waals surface area contributed by atoms with Crippen LogP contribution in [-0.2, 0) is 11.2 Å². The van der Waals surface area contributed by atoms with Gasteiger partial charge in [-0.05, 0) is 36.2 Å². The predicted octanol–water partition coefficient (Wildman–Crippen LogP) is 3.09. The van der Waals surface area contributed by atoms with Crippen molar-refractivity contribution >= 4 is 23.2 Å². The number of fused-ring (bicyclic) bond motifs is 1. The van der Waals surface area contributed by atoms with Crippen molar-refractivity contribution in [3.8, 4) is 0 Å². The first-order chi connectivity index (χ1) is 13.6. The number of carbonyl (C=O) groups excluding carboxylic acids is 2. The molecular formula is C22H24FN3O2. The van der Waals surface area contributed by atoms with E-state index in [0.29, 0.717) is 56.8 Å². The molecule has 2 aliphatic rings. The number of nitrogens with zero attached hydrogens (tertiary/aromatic N) is 3. The molecule has 0 bridgehead atoms. The lowest BCUT2D eigenvalue weighted by Gasteiger charge is -2.36. The van der Waals surface area contributed by atoms with Crippen LogP contribution in [0.3, 0.4) is 0 Å². The third-order valence-electron chi connectivity index (χ3n) is 5.62. The molecule has 0 unspecified atom stereocenters. The fourth-order valence-corrected chi connectivity index (χ4v) is 4.11. The van der Waals surface area contributed by atoms with Gasteiger partial charge in [-0.3, -0.25) is 9.59 Å². The molecule has 2 aromatic carbocycles. The maximum absolute atomic E-state index is 14.0. The van der Waals surface area contributed by atoms with Crippen LogP contribution in [-0.4, -0.2) is 49.4 Å². The zero-order valence-electron chi connectivity index (χ0n) is 16.0. The van der Waals surface area contributed by atoms with Gasteiger partial charge >= 0.3 is 0 Å². The van der Waals surface area contributed by atoms with Crippen molar-refractivity contribution in [3.63, 3.8) is 0 Å². The molecule has 0 N–H and O–H groups in total. The smallest absolute Gasteiger partial charge is 0.254 e. The molecule has 0 spiro atoms. The number of rotatable bonds is 3. The first-order valence-electron chi connectivity index (χ1n) is 9.81. The number of hydrogen-bond acceptors (Lipinski definition) is 3. The quantitative estimate of drug-likeness (QED) is 0.821. The molecule has 0 aliphatic carbocycles. The summed E-state index contributed by atoms with van der Waals surface area (Å²) in [5, 5.41) is 0. The summed E-state index contributed by atoms with van der Waals surface area (Å²) in [6, 6.07) is 12.4. The van der Waals surface area contributed by atoms with Crippen LogP contribution in [0.5, 0.6) is 0 Å². The third kappa shape index (κ3) is 3.23. The molecule has 2 amide bonds. The molecule has 2 aromatic rings. The lowest BCUT2D eigenvalue weighted by Crippen LogP contribution is -2.49. The maximum atomic E-state index is 14.0. The standard InChI is InChI=1S/C22H24FN3O2/c1-2-21(27)26-11-10-16-17(6-5-9-19(16)26)22(28)25-14-12-24(13-15-25)20-8-4-3-7-18(20)23/h3-9H,2,10-15H2,1H3. The van der Waals surface area contributed by atoms with Crippen LogP contribution in [0.15, 0.2) is 42.5 Å². The maximum Gasteiger partial charge on any atom is 0.254 e. The molecule has 6 heteroatoms. The summed E-state index contributed by atoms with van der Waals surface area (Å²) in [6.45, 7) is 4.78. The van der Waals surface area contributed by atoms with Gasteiger partial charge in [0.1, 0.15) is 5.82 Å². The van der Waals surface area contributed by atoms with Crippen LogP contribution in [0.1, 0.15) is 29.3 Å². The molecule has 0 radical (unpaired) electrons. The van der Waals surface area contributed by atoms with E-state index >= 15 is 0 Å². The number of anilines is 2. The zero-order chi connectivity index (χ0) is 19.7. The van der Waals surface area contributed by atoms with E-state index in [2.05, 4.69) is 0 Å². The largest absolute Gasteiger partial charge is 0.366 e. The summed E-state index contributed by atoms with van der Waals surface area (Å²) in [5.41, 5.74) is 3.10. The molecule has 0 saturated carbocycles. The van der Waals surface area contributed by atoms with Crippen LogP contribution in [0.4, 0.5) is 15.8 Å². The van der Waals surface area contributed by atoms with E-state index in [-0.39, 0.29) is 17.6 Å². The summed E-state index contributed by atoms with van der Waals surface area (Å²) < 4.78 is 14.0. The SMILES string of the molecule is CCC(=O)N1CCc2c(C(=O)N3CCN(c4ccccc4F)CC3)cccc21. The van der Waals surface area contributed by atoms with Crippen molar-refractivity contribution < 1.29 is 14.0 Å². The van der Waals surface area contributed by atoms with Crippen LogP contribution in [0.2, 0.25) is 0 Å². The van der Waals surface area contributed by atoms with E-state index in [1.54, 1.807) is 17.0 Å². The molecule has 1 saturated heterocycles. The van der Waals surface area contributed by atoms with Crippen molar-refractivity contribution in [2.75, 3.05) is 42.5 Å². The minimum absolute atomic E-state index is 0.00386. The second-order valence-corrected chi connectivity index (χ2v) is 7.18. The van der Waals surface area contributed by atoms with E-state index < -0.39 is 0 Å². The van der Waals surface area contributed by atoms with Crippen LogP contribution >= 0.6 is 0 Å². The number of carbonyl (C=O) groups is 2. The van der Waals surface area contributed by atoms with Gasteiger partial charge in [0, 0.05) is 50.4 Å². The highest BCUT2D eigenvalue weighted by Gasteiger charge is 2.30. The van der Waals surface area contributed by atoms with Gasteiger partial charge < -0.3 is 14.7 Å². The van der Waals surface area contributed by atoms with Crippen molar-refractivity contribution in [1.29, 1.82) is 0 Å². The van der Waals surface area contributed by atoms with E-state index in [1.165, 1.54) is 6.07 Å². The van der Waals surface area contributed by atoms with Gasteiger partial charge in [-0.25, -0.2) is 4.39 Å². The number of amides is 2. The Hall–Kier alpha value is -2.89. The van der Waals surface area contributed by atoms with Gasteiger partial charge in [0.2, 0.25) is 5.91 Å². The molecule has 2 aliphatic heterocycles. The Morgan fingerprint density at radius 3 is 2.36 bits per heavy atom. The van der Waals surface area contributed by atoms with Crippen LogP contribution in [0.25, 0.3) is 0 Å². The monoisotopic (exact) mass is 381 g/mol. The highest BCUT2D eigenvalue weighted by Crippen LogP contribution is 2.32. The minimum Gasteiger partial charge on any atom is -0.366 e. The van der Waals surface area contributed by atoms with E-state index in [4.69, 9.17) is 0 Å². The first kappa shape index (κ1) is 18.5. The van der Waals surface area contributed by atoms with Crippen molar-refractivity contribution in [2.24, 2.45) is 0 Å². The normalized spacial score (nSPS) is 16.3. The molecule has 1 fully saturated rings. The lowest BCUT2D eigenvalue weighted by molar-refractivity contribution is -0.118. The van der Waals surface area contributed by atoms with E-state index in [0.717, 1.165) is 11.3 Å². The molecule has 4 rings (SSSR count). The summed E-state index contributed by atoms with van der Waals surface area (Å²) >= 11 is 0. The number of benzene rings is 2. The molecule has 2 heterocycles. The Morgan fingerprint density at radius 1 is 0.929 bits per heavy atom. The number of halogens is 1. The van der Waals surface area contributed by atoms with E-state index in [9.17, 15) is 14.0 Å². The van der Waals surface area contributed by atoms with Gasteiger partial charge in [0.05, 0.1) is 5.69 Å². The number of piperazine rings is 1. The second kappa shape index (κ2) is 7.62. The molecular weight excluding hydrogens is 357 g/mol. The van der Waals surface area contributed by atoms with Gasteiger partial charge in [0.15, 0.2) is 0 Å². The highest BCUT2D eigenvalue weighted by molar-refractivity contribution is 6.01. The van der Waals surface area contributed by atoms with Crippen molar-refractivity contribution in [1.82, 2.24) is 4.90 Å². The molecule has 0 aromatic heterocycles. The molecule has 0 atom stereocenters. The fraction of sp³-hybridized carbons (Fsp3) is 0.364. The van der Waals surface area contributed by atoms with Gasteiger partial charge in [0.25, 0.3) is 5.91 Å². The summed E-state index contributed by atoms with van der Waals surface area (Å²) in [4.78, 5) is 30.9. The number of hydrogen-bond donors (Lipinski definition) is 0. The average Bonchev–Trinajstić information content (AvgIpc) is 3.17. The van der Waals surface area contributed by atoms with Crippen LogP contribution in [0, 0.1) is 5.82 Å².